The van der Waals surface area contributed by atoms with Crippen molar-refractivity contribution in [3.8, 4) is 0 Å². The van der Waals surface area contributed by atoms with E-state index < -0.39 is 0 Å². The van der Waals surface area contributed by atoms with Gasteiger partial charge < -0.3 is 9.73 Å². The molecule has 4 bridgehead atoms. The van der Waals surface area contributed by atoms with Gasteiger partial charge in [-0.25, -0.2) is 0 Å². The van der Waals surface area contributed by atoms with E-state index in [1.54, 1.807) is 24.3 Å². The molecule has 0 atom stereocenters. The number of hydrogen-bond acceptors (Lipinski definition) is 3. The van der Waals surface area contributed by atoms with Gasteiger partial charge in [0.2, 0.25) is 0 Å². The van der Waals surface area contributed by atoms with Crippen LogP contribution in [0.25, 0.3) is 11.0 Å². The Kier molecular flexibility index (Phi) is 3.70. The van der Waals surface area contributed by atoms with Crippen LogP contribution in [0.2, 0.25) is 0 Å². The topological polar surface area (TPSA) is 59.3 Å². The second kappa shape index (κ2) is 5.97. The molecule has 2 aromatic rings. The summed E-state index contributed by atoms with van der Waals surface area (Å²) in [7, 11) is 0. The SMILES string of the molecule is O=C(NCCC12CC3CC(CC(C3)C1)C2)c1cc(=O)c2ccccc2o1. The van der Waals surface area contributed by atoms with Gasteiger partial charge in [-0.1, -0.05) is 12.1 Å². The van der Waals surface area contributed by atoms with Gasteiger partial charge in [0.05, 0.1) is 5.39 Å². The van der Waals surface area contributed by atoms with E-state index in [9.17, 15) is 9.59 Å². The van der Waals surface area contributed by atoms with Gasteiger partial charge in [0.1, 0.15) is 5.58 Å². The van der Waals surface area contributed by atoms with Crippen molar-refractivity contribution in [2.75, 3.05) is 6.54 Å². The summed E-state index contributed by atoms with van der Waals surface area (Å²) in [5.74, 6) is 2.61. The summed E-state index contributed by atoms with van der Waals surface area (Å²) in [6.07, 6.45) is 9.41. The Balaban J connectivity index is 1.26. The van der Waals surface area contributed by atoms with E-state index in [0.29, 0.717) is 22.9 Å². The lowest BCUT2D eigenvalue weighted by molar-refractivity contribution is -0.0564. The Morgan fingerprint density at radius 3 is 2.42 bits per heavy atom. The van der Waals surface area contributed by atoms with Gasteiger partial charge in [0.15, 0.2) is 11.2 Å². The van der Waals surface area contributed by atoms with Gasteiger partial charge in [0.25, 0.3) is 5.91 Å². The fourth-order valence-corrected chi connectivity index (χ4v) is 6.34. The average molecular weight is 351 g/mol. The van der Waals surface area contributed by atoms with E-state index in [-0.39, 0.29) is 17.1 Å². The fraction of sp³-hybridized carbons (Fsp3) is 0.545. The van der Waals surface area contributed by atoms with Gasteiger partial charge in [-0.15, -0.1) is 0 Å². The van der Waals surface area contributed by atoms with Crippen LogP contribution in [-0.2, 0) is 0 Å². The average Bonchev–Trinajstić information content (AvgIpc) is 2.60. The summed E-state index contributed by atoms with van der Waals surface area (Å²) in [5, 5.41) is 3.51. The highest BCUT2D eigenvalue weighted by molar-refractivity contribution is 5.93. The Bertz CT molecular complexity index is 878. The molecule has 6 rings (SSSR count). The molecule has 1 heterocycles. The summed E-state index contributed by atoms with van der Waals surface area (Å²) in [5.41, 5.74) is 0.746. The molecular weight excluding hydrogens is 326 g/mol. The molecule has 1 aromatic heterocycles. The lowest BCUT2D eigenvalue weighted by Crippen LogP contribution is -2.47. The van der Waals surface area contributed by atoms with E-state index in [1.165, 1.54) is 44.6 Å². The van der Waals surface area contributed by atoms with E-state index in [2.05, 4.69) is 5.32 Å². The number of rotatable bonds is 4. The third kappa shape index (κ3) is 2.76. The van der Waals surface area contributed by atoms with Crippen LogP contribution in [0.15, 0.2) is 39.5 Å². The highest BCUT2D eigenvalue weighted by Gasteiger charge is 2.50. The Labute approximate surface area is 153 Å². The monoisotopic (exact) mass is 351 g/mol. The van der Waals surface area contributed by atoms with E-state index in [1.807, 2.05) is 0 Å². The van der Waals surface area contributed by atoms with E-state index in [0.717, 1.165) is 24.2 Å². The molecule has 0 unspecified atom stereocenters. The molecule has 4 saturated carbocycles. The number of hydrogen-bond donors (Lipinski definition) is 1. The van der Waals surface area contributed by atoms with Crippen LogP contribution < -0.4 is 10.7 Å². The van der Waals surface area contributed by atoms with E-state index in [4.69, 9.17) is 4.42 Å². The molecule has 4 nitrogen and oxygen atoms in total. The van der Waals surface area contributed by atoms with Crippen molar-refractivity contribution >= 4 is 16.9 Å². The van der Waals surface area contributed by atoms with Gasteiger partial charge in [-0.2, -0.15) is 0 Å². The standard InChI is InChI=1S/C22H25NO3/c24-18-10-20(26-19-4-2-1-3-17(18)19)21(25)23-6-5-22-11-14-7-15(12-22)9-16(8-14)13-22/h1-4,10,14-16H,5-9,11-13H2,(H,23,25). The van der Waals surface area contributed by atoms with Crippen molar-refractivity contribution in [1.82, 2.24) is 5.32 Å². The van der Waals surface area contributed by atoms with E-state index >= 15 is 0 Å². The van der Waals surface area contributed by atoms with Crippen LogP contribution in [0, 0.1) is 23.2 Å². The summed E-state index contributed by atoms with van der Waals surface area (Å²) >= 11 is 0. The largest absolute Gasteiger partial charge is 0.451 e. The van der Waals surface area contributed by atoms with Crippen LogP contribution in [0.1, 0.15) is 55.5 Å². The normalized spacial score (nSPS) is 32.1. The minimum absolute atomic E-state index is 0.110. The number of para-hydroxylation sites is 1. The van der Waals surface area contributed by atoms with Gasteiger partial charge in [-0.3, -0.25) is 9.59 Å². The number of fused-ring (bicyclic) bond motifs is 1. The Morgan fingerprint density at radius 2 is 1.73 bits per heavy atom. The number of benzene rings is 1. The third-order valence-corrected chi connectivity index (χ3v) is 6.96. The molecule has 1 aromatic carbocycles. The number of carbonyl (C=O) groups excluding carboxylic acids is 1. The zero-order chi connectivity index (χ0) is 17.7. The fourth-order valence-electron chi connectivity index (χ4n) is 6.34. The maximum absolute atomic E-state index is 12.5. The van der Waals surface area contributed by atoms with Crippen LogP contribution in [0.4, 0.5) is 0 Å². The predicted octanol–water partition coefficient (Wildman–Crippen LogP) is 4.13. The first kappa shape index (κ1) is 16.1. The van der Waals surface area contributed by atoms with Crippen molar-refractivity contribution in [2.45, 2.75) is 44.9 Å². The second-order valence-electron chi connectivity index (χ2n) is 8.89. The first-order valence-electron chi connectivity index (χ1n) is 9.91. The first-order chi connectivity index (χ1) is 12.6. The van der Waals surface area contributed by atoms with Gasteiger partial charge in [-0.05, 0) is 80.2 Å². The minimum Gasteiger partial charge on any atom is -0.451 e. The molecule has 0 radical (unpaired) electrons. The highest BCUT2D eigenvalue weighted by atomic mass is 16.3. The predicted molar refractivity (Wildman–Crippen MR) is 100 cm³/mol. The molecule has 4 aliphatic rings. The van der Waals surface area contributed by atoms with Crippen molar-refractivity contribution < 1.29 is 9.21 Å². The van der Waals surface area contributed by atoms with Gasteiger partial charge in [0, 0.05) is 12.6 Å². The smallest absolute Gasteiger partial charge is 0.287 e. The van der Waals surface area contributed by atoms with Crippen molar-refractivity contribution in [1.29, 1.82) is 0 Å². The number of nitrogens with one attached hydrogen (secondary N) is 1. The summed E-state index contributed by atoms with van der Waals surface area (Å²) < 4.78 is 5.64. The molecule has 1 amide bonds. The molecule has 26 heavy (non-hydrogen) atoms. The van der Waals surface area contributed by atoms with Crippen LogP contribution in [0.5, 0.6) is 0 Å². The number of amides is 1. The second-order valence-corrected chi connectivity index (χ2v) is 8.89. The lowest BCUT2D eigenvalue weighted by atomic mass is 9.49. The van der Waals surface area contributed by atoms with Crippen molar-refractivity contribution in [3.63, 3.8) is 0 Å². The molecule has 4 aliphatic carbocycles. The summed E-state index contributed by atoms with van der Waals surface area (Å²) in [6.45, 7) is 0.668. The Morgan fingerprint density at radius 1 is 1.08 bits per heavy atom. The zero-order valence-corrected chi connectivity index (χ0v) is 15.0. The molecule has 4 fully saturated rings. The van der Waals surface area contributed by atoms with Crippen LogP contribution in [0.3, 0.4) is 0 Å². The van der Waals surface area contributed by atoms with Crippen LogP contribution in [-0.4, -0.2) is 12.5 Å². The molecule has 1 N–H and O–H groups in total. The molecule has 136 valence electrons. The lowest BCUT2D eigenvalue weighted by Gasteiger charge is -2.57. The third-order valence-electron chi connectivity index (χ3n) is 6.96. The molecule has 0 saturated heterocycles. The molecular formula is C22H25NO3. The van der Waals surface area contributed by atoms with Crippen molar-refractivity contribution in [2.24, 2.45) is 23.2 Å². The quantitative estimate of drug-likeness (QED) is 0.901. The molecule has 4 heteroatoms. The van der Waals surface area contributed by atoms with Crippen LogP contribution >= 0.6 is 0 Å². The molecule has 0 spiro atoms. The maximum Gasteiger partial charge on any atom is 0.287 e. The highest BCUT2D eigenvalue weighted by Crippen LogP contribution is 2.61. The molecule has 0 aliphatic heterocycles. The van der Waals surface area contributed by atoms with Gasteiger partial charge >= 0.3 is 0 Å². The maximum atomic E-state index is 12.5. The first-order valence-corrected chi connectivity index (χ1v) is 9.91. The summed E-state index contributed by atoms with van der Waals surface area (Å²) in [4.78, 5) is 24.6. The summed E-state index contributed by atoms with van der Waals surface area (Å²) in [6, 6.07) is 8.35. The zero-order valence-electron chi connectivity index (χ0n) is 15.0. The minimum atomic E-state index is -0.280. The Hall–Kier alpha value is -2.10. The number of carbonyl (C=O) groups is 1. The van der Waals surface area contributed by atoms with Crippen molar-refractivity contribution in [3.05, 3.63) is 46.3 Å².